The van der Waals surface area contributed by atoms with E-state index >= 15 is 0 Å². The molecule has 0 aliphatic carbocycles. The van der Waals surface area contributed by atoms with E-state index in [-0.39, 0.29) is 10.7 Å². The maximum atomic E-state index is 12.6. The number of carbonyl (C=O) groups excluding carboxylic acids is 1. The summed E-state index contributed by atoms with van der Waals surface area (Å²) in [4.78, 5) is 11.3. The number of sulfonamides is 1. The van der Waals surface area contributed by atoms with Crippen molar-refractivity contribution >= 4 is 32.3 Å². The summed E-state index contributed by atoms with van der Waals surface area (Å²) in [5, 5.41) is 1.81. The predicted molar refractivity (Wildman–Crippen MR) is 95.6 cm³/mol. The summed E-state index contributed by atoms with van der Waals surface area (Å²) in [7, 11) is -3.68. The van der Waals surface area contributed by atoms with E-state index in [0.29, 0.717) is 12.1 Å². The normalized spacial score (nSPS) is 11.4. The maximum Gasteiger partial charge on any atom is 0.261 e. The second-order valence-electron chi connectivity index (χ2n) is 5.65. The highest BCUT2D eigenvalue weighted by Gasteiger charge is 2.15. The highest BCUT2D eigenvalue weighted by molar-refractivity contribution is 7.92. The number of benzene rings is 3. The molecule has 0 saturated heterocycles. The van der Waals surface area contributed by atoms with Crippen molar-refractivity contribution in [2.75, 3.05) is 4.72 Å². The lowest BCUT2D eigenvalue weighted by Gasteiger charge is -2.11. The molecule has 0 bridgehead atoms. The molecule has 0 unspecified atom stereocenters. The van der Waals surface area contributed by atoms with Gasteiger partial charge in [0.15, 0.2) is 0 Å². The first kappa shape index (κ1) is 16.2. The van der Waals surface area contributed by atoms with Crippen molar-refractivity contribution in [3.8, 4) is 0 Å². The van der Waals surface area contributed by atoms with Crippen molar-refractivity contribution in [3.05, 3.63) is 72.3 Å². The van der Waals surface area contributed by atoms with Crippen LogP contribution in [0.5, 0.6) is 0 Å². The molecule has 0 atom stereocenters. The van der Waals surface area contributed by atoms with E-state index in [1.807, 2.05) is 36.4 Å². The molecule has 5 heteroatoms. The minimum Gasteiger partial charge on any atom is -0.300 e. The molecular formula is C19H17NO3S. The van der Waals surface area contributed by atoms with Gasteiger partial charge >= 0.3 is 0 Å². The van der Waals surface area contributed by atoms with Gasteiger partial charge in [0.05, 0.1) is 10.6 Å². The number of rotatable bonds is 5. The fourth-order valence-electron chi connectivity index (χ4n) is 2.59. The van der Waals surface area contributed by atoms with Crippen LogP contribution in [0.15, 0.2) is 71.6 Å². The van der Waals surface area contributed by atoms with Crippen LogP contribution in [0.4, 0.5) is 5.69 Å². The van der Waals surface area contributed by atoms with Gasteiger partial charge in [0.2, 0.25) is 0 Å². The predicted octanol–water partition coefficient (Wildman–Crippen LogP) is 3.77. The van der Waals surface area contributed by atoms with Crippen molar-refractivity contribution in [2.45, 2.75) is 18.2 Å². The van der Waals surface area contributed by atoms with E-state index in [2.05, 4.69) is 4.72 Å². The Morgan fingerprint density at radius 3 is 2.29 bits per heavy atom. The van der Waals surface area contributed by atoms with Gasteiger partial charge in [-0.15, -0.1) is 0 Å². The van der Waals surface area contributed by atoms with Gasteiger partial charge in [-0.1, -0.05) is 48.5 Å². The molecular weight excluding hydrogens is 322 g/mol. The van der Waals surface area contributed by atoms with Crippen LogP contribution in [0.1, 0.15) is 12.5 Å². The van der Waals surface area contributed by atoms with Gasteiger partial charge in [0.1, 0.15) is 5.78 Å². The molecule has 122 valence electrons. The van der Waals surface area contributed by atoms with E-state index < -0.39 is 10.0 Å². The third-order valence-electron chi connectivity index (χ3n) is 3.72. The largest absolute Gasteiger partial charge is 0.300 e. The molecule has 1 N–H and O–H groups in total. The molecule has 0 heterocycles. The van der Waals surface area contributed by atoms with Gasteiger partial charge in [-0.05, 0) is 36.1 Å². The van der Waals surface area contributed by atoms with E-state index in [9.17, 15) is 13.2 Å². The second kappa shape index (κ2) is 6.45. The molecule has 3 aromatic rings. The Balaban J connectivity index is 1.92. The minimum atomic E-state index is -3.68. The molecule has 0 fully saturated rings. The SMILES string of the molecule is CC(=O)Cc1ccc(S(=O)(=O)Nc2cccc3ccccc23)cc1. The average Bonchev–Trinajstić information content (AvgIpc) is 2.55. The van der Waals surface area contributed by atoms with Crippen LogP contribution in [0.3, 0.4) is 0 Å². The molecule has 0 aliphatic heterocycles. The van der Waals surface area contributed by atoms with Crippen molar-refractivity contribution in [2.24, 2.45) is 0 Å². The summed E-state index contributed by atoms with van der Waals surface area (Å²) in [6.45, 7) is 1.51. The lowest BCUT2D eigenvalue weighted by Crippen LogP contribution is -2.13. The molecule has 3 rings (SSSR count). The van der Waals surface area contributed by atoms with E-state index in [0.717, 1.165) is 16.3 Å². The Morgan fingerprint density at radius 2 is 1.58 bits per heavy atom. The van der Waals surface area contributed by atoms with Crippen LogP contribution in [0.2, 0.25) is 0 Å². The lowest BCUT2D eigenvalue weighted by atomic mass is 10.1. The lowest BCUT2D eigenvalue weighted by molar-refractivity contribution is -0.116. The van der Waals surface area contributed by atoms with Gasteiger partial charge in [0.25, 0.3) is 10.0 Å². The third kappa shape index (κ3) is 3.46. The monoisotopic (exact) mass is 339 g/mol. The summed E-state index contributed by atoms with van der Waals surface area (Å²) in [5.74, 6) is 0.0412. The van der Waals surface area contributed by atoms with Crippen molar-refractivity contribution in [1.29, 1.82) is 0 Å². The van der Waals surface area contributed by atoms with Crippen molar-refractivity contribution in [1.82, 2.24) is 0 Å². The number of hydrogen-bond acceptors (Lipinski definition) is 3. The molecule has 0 amide bonds. The summed E-state index contributed by atoms with van der Waals surface area (Å²) >= 11 is 0. The van der Waals surface area contributed by atoms with Gasteiger partial charge in [-0.3, -0.25) is 9.52 Å². The van der Waals surface area contributed by atoms with Crippen LogP contribution in [0, 0.1) is 0 Å². The average molecular weight is 339 g/mol. The van der Waals surface area contributed by atoms with Crippen LogP contribution in [-0.2, 0) is 21.2 Å². The highest BCUT2D eigenvalue weighted by Crippen LogP contribution is 2.25. The van der Waals surface area contributed by atoms with Crippen LogP contribution >= 0.6 is 0 Å². The van der Waals surface area contributed by atoms with Gasteiger partial charge < -0.3 is 0 Å². The number of anilines is 1. The van der Waals surface area contributed by atoms with Crippen molar-refractivity contribution < 1.29 is 13.2 Å². The molecule has 4 nitrogen and oxygen atoms in total. The molecule has 3 aromatic carbocycles. The molecule has 0 spiro atoms. The van der Waals surface area contributed by atoms with Crippen molar-refractivity contribution in [3.63, 3.8) is 0 Å². The van der Waals surface area contributed by atoms with Gasteiger partial charge in [-0.25, -0.2) is 8.42 Å². The number of Topliss-reactive ketones (excluding diaryl/α,β-unsaturated/α-hetero) is 1. The standard InChI is InChI=1S/C19H17NO3S/c1-14(21)13-15-9-11-17(12-10-15)24(22,23)20-19-8-4-6-16-5-2-3-7-18(16)19/h2-12,20H,13H2,1H3. The summed E-state index contributed by atoms with van der Waals surface area (Å²) < 4.78 is 27.8. The fourth-order valence-corrected chi connectivity index (χ4v) is 3.67. The first-order valence-electron chi connectivity index (χ1n) is 7.55. The Bertz CT molecular complexity index is 987. The number of carbonyl (C=O) groups is 1. The number of hydrogen-bond donors (Lipinski definition) is 1. The fraction of sp³-hybridized carbons (Fsp3) is 0.105. The first-order valence-corrected chi connectivity index (χ1v) is 9.03. The van der Waals surface area contributed by atoms with Gasteiger partial charge in [-0.2, -0.15) is 0 Å². The molecule has 0 aliphatic rings. The number of nitrogens with one attached hydrogen (secondary N) is 1. The van der Waals surface area contributed by atoms with E-state index in [1.165, 1.54) is 19.1 Å². The maximum absolute atomic E-state index is 12.6. The Hall–Kier alpha value is -2.66. The second-order valence-corrected chi connectivity index (χ2v) is 7.34. The molecule has 0 aromatic heterocycles. The zero-order valence-electron chi connectivity index (χ0n) is 13.2. The third-order valence-corrected chi connectivity index (χ3v) is 5.10. The first-order chi connectivity index (χ1) is 11.5. The Morgan fingerprint density at radius 1 is 0.917 bits per heavy atom. The quantitative estimate of drug-likeness (QED) is 0.769. The highest BCUT2D eigenvalue weighted by atomic mass is 32.2. The summed E-state index contributed by atoms with van der Waals surface area (Å²) in [6, 6.07) is 19.5. The van der Waals surface area contributed by atoms with E-state index in [1.54, 1.807) is 18.2 Å². The molecule has 0 radical (unpaired) electrons. The smallest absolute Gasteiger partial charge is 0.261 e. The number of ketones is 1. The zero-order valence-corrected chi connectivity index (χ0v) is 14.0. The Kier molecular flexibility index (Phi) is 4.36. The molecule has 24 heavy (non-hydrogen) atoms. The van der Waals surface area contributed by atoms with Crippen LogP contribution in [-0.4, -0.2) is 14.2 Å². The van der Waals surface area contributed by atoms with E-state index in [4.69, 9.17) is 0 Å². The topological polar surface area (TPSA) is 63.2 Å². The summed E-state index contributed by atoms with van der Waals surface area (Å²) in [6.07, 6.45) is 0.303. The Labute approximate surface area is 141 Å². The summed E-state index contributed by atoms with van der Waals surface area (Å²) in [5.41, 5.74) is 1.34. The number of fused-ring (bicyclic) bond motifs is 1. The van der Waals surface area contributed by atoms with Crippen LogP contribution < -0.4 is 4.72 Å². The van der Waals surface area contributed by atoms with Gasteiger partial charge in [0, 0.05) is 11.8 Å². The molecule has 0 saturated carbocycles. The minimum absolute atomic E-state index is 0.0412. The van der Waals surface area contributed by atoms with Crippen LogP contribution in [0.25, 0.3) is 10.8 Å². The zero-order chi connectivity index (χ0) is 17.2.